The molecule has 10 heteroatoms. The quantitative estimate of drug-likeness (QED) is 0.502. The summed E-state index contributed by atoms with van der Waals surface area (Å²) in [6, 6.07) is 9.46. The second kappa shape index (κ2) is 7.45. The molecule has 0 bridgehead atoms. The monoisotopic (exact) mass is 420 g/mol. The summed E-state index contributed by atoms with van der Waals surface area (Å²) in [5.74, 6) is 1.61. The summed E-state index contributed by atoms with van der Waals surface area (Å²) in [6.07, 6.45) is 1.57. The van der Waals surface area contributed by atoms with Crippen LogP contribution in [-0.4, -0.2) is 65.5 Å². The molecule has 0 aliphatic carbocycles. The van der Waals surface area contributed by atoms with Crippen LogP contribution in [0, 0.1) is 13.8 Å². The number of rotatable bonds is 3. The number of amides is 1. The first-order chi connectivity index (χ1) is 14.6. The molecule has 5 rings (SSSR count). The molecule has 0 radical (unpaired) electrons. The van der Waals surface area contributed by atoms with Gasteiger partial charge in [-0.2, -0.15) is 13.8 Å². The highest BCUT2D eigenvalue weighted by Gasteiger charge is 2.24. The van der Waals surface area contributed by atoms with E-state index in [1.165, 1.54) is 0 Å². The van der Waals surface area contributed by atoms with E-state index in [1.807, 2.05) is 53.8 Å². The lowest BCUT2D eigenvalue weighted by Crippen LogP contribution is -2.49. The minimum absolute atomic E-state index is 0.0237. The molecule has 1 aromatic carbocycles. The number of aryl methyl sites for hydroxylation is 2. The molecule has 9 nitrogen and oxygen atoms in total. The van der Waals surface area contributed by atoms with Crippen molar-refractivity contribution in [3.8, 4) is 5.82 Å². The van der Waals surface area contributed by atoms with Gasteiger partial charge in [0, 0.05) is 43.5 Å². The molecule has 1 aliphatic heterocycles. The van der Waals surface area contributed by atoms with Gasteiger partial charge in [0.1, 0.15) is 23.2 Å². The van der Waals surface area contributed by atoms with Crippen LogP contribution in [0.25, 0.3) is 16.9 Å². The molecule has 152 valence electrons. The minimum Gasteiger partial charge on any atom is -0.353 e. The number of carbonyl (C=O) groups excluding carboxylic acids is 1. The van der Waals surface area contributed by atoms with E-state index in [2.05, 4.69) is 28.7 Å². The number of fused-ring (bicyclic) bond motifs is 1. The standard InChI is InChI=1S/C20H20N8OS/c1-13-9-14(2)28(23-13)19-11-18(21-12-22-19)26-5-7-27(8-6-26)20(29)15-3-4-16-17(10-15)25-30-24-16/h3-4,9-12H,5-8H2,1-2H3. The van der Waals surface area contributed by atoms with Gasteiger partial charge in [0.2, 0.25) is 0 Å². The summed E-state index contributed by atoms with van der Waals surface area (Å²) in [6.45, 7) is 6.65. The van der Waals surface area contributed by atoms with Gasteiger partial charge in [0.05, 0.1) is 17.4 Å². The Kier molecular flexibility index (Phi) is 4.62. The van der Waals surface area contributed by atoms with Crippen molar-refractivity contribution >= 4 is 34.5 Å². The number of piperazine rings is 1. The van der Waals surface area contributed by atoms with Crippen LogP contribution in [0.2, 0.25) is 0 Å². The van der Waals surface area contributed by atoms with Gasteiger partial charge >= 0.3 is 0 Å². The molecule has 0 saturated carbocycles. The van der Waals surface area contributed by atoms with Crippen LogP contribution in [0.3, 0.4) is 0 Å². The first-order valence-electron chi connectivity index (χ1n) is 9.71. The maximum absolute atomic E-state index is 12.9. The molecular formula is C20H20N8OS. The highest BCUT2D eigenvalue weighted by molar-refractivity contribution is 7.00. The lowest BCUT2D eigenvalue weighted by Gasteiger charge is -2.35. The van der Waals surface area contributed by atoms with Gasteiger partial charge in [0.25, 0.3) is 5.91 Å². The van der Waals surface area contributed by atoms with Crippen LogP contribution in [0.4, 0.5) is 5.82 Å². The zero-order valence-electron chi connectivity index (χ0n) is 16.7. The van der Waals surface area contributed by atoms with E-state index in [4.69, 9.17) is 0 Å². The highest BCUT2D eigenvalue weighted by atomic mass is 32.1. The third kappa shape index (κ3) is 3.39. The summed E-state index contributed by atoms with van der Waals surface area (Å²) in [5.41, 5.74) is 4.22. The topological polar surface area (TPSA) is 92.9 Å². The van der Waals surface area contributed by atoms with Gasteiger partial charge in [-0.3, -0.25) is 4.79 Å². The molecule has 0 atom stereocenters. The predicted molar refractivity (Wildman–Crippen MR) is 114 cm³/mol. The van der Waals surface area contributed by atoms with E-state index in [-0.39, 0.29) is 5.91 Å². The zero-order valence-corrected chi connectivity index (χ0v) is 17.5. The molecule has 1 saturated heterocycles. The first kappa shape index (κ1) is 18.6. The Labute approximate surface area is 177 Å². The Morgan fingerprint density at radius 2 is 1.70 bits per heavy atom. The third-order valence-corrected chi connectivity index (χ3v) is 5.81. The number of nitrogens with zero attached hydrogens (tertiary/aromatic N) is 8. The van der Waals surface area contributed by atoms with E-state index in [0.29, 0.717) is 31.7 Å². The van der Waals surface area contributed by atoms with E-state index < -0.39 is 0 Å². The number of hydrogen-bond donors (Lipinski definition) is 0. The number of benzene rings is 1. The summed E-state index contributed by atoms with van der Waals surface area (Å²) in [4.78, 5) is 25.8. The minimum atomic E-state index is 0.0237. The van der Waals surface area contributed by atoms with Gasteiger partial charge in [-0.05, 0) is 38.1 Å². The fourth-order valence-electron chi connectivity index (χ4n) is 3.72. The van der Waals surface area contributed by atoms with Crippen LogP contribution < -0.4 is 4.90 Å². The van der Waals surface area contributed by atoms with Gasteiger partial charge in [-0.25, -0.2) is 14.6 Å². The lowest BCUT2D eigenvalue weighted by atomic mass is 10.1. The molecule has 0 spiro atoms. The van der Waals surface area contributed by atoms with Gasteiger partial charge in [-0.1, -0.05) is 0 Å². The van der Waals surface area contributed by atoms with Crippen molar-refractivity contribution in [2.24, 2.45) is 0 Å². The molecule has 4 aromatic rings. The highest BCUT2D eigenvalue weighted by Crippen LogP contribution is 2.19. The van der Waals surface area contributed by atoms with Crippen LogP contribution in [0.1, 0.15) is 21.7 Å². The van der Waals surface area contributed by atoms with Crippen molar-refractivity contribution < 1.29 is 4.79 Å². The average molecular weight is 421 g/mol. The molecule has 1 fully saturated rings. The van der Waals surface area contributed by atoms with Crippen molar-refractivity contribution in [3.05, 3.63) is 53.6 Å². The average Bonchev–Trinajstić information content (AvgIpc) is 3.38. The summed E-state index contributed by atoms with van der Waals surface area (Å²) in [7, 11) is 0. The van der Waals surface area contributed by atoms with Crippen molar-refractivity contribution in [2.75, 3.05) is 31.1 Å². The fraction of sp³-hybridized carbons (Fsp3) is 0.300. The number of carbonyl (C=O) groups is 1. The van der Waals surface area contributed by atoms with Crippen LogP contribution in [-0.2, 0) is 0 Å². The number of aromatic nitrogens is 6. The van der Waals surface area contributed by atoms with Crippen molar-refractivity contribution in [2.45, 2.75) is 13.8 Å². The van der Waals surface area contributed by atoms with Crippen LogP contribution in [0.15, 0.2) is 36.7 Å². The van der Waals surface area contributed by atoms with Crippen molar-refractivity contribution in [1.82, 2.24) is 33.4 Å². The molecule has 0 unspecified atom stereocenters. The van der Waals surface area contributed by atoms with Gasteiger partial charge < -0.3 is 9.80 Å². The summed E-state index contributed by atoms with van der Waals surface area (Å²) < 4.78 is 10.2. The SMILES string of the molecule is Cc1cc(C)n(-c2cc(N3CCN(C(=O)c4ccc5nsnc5c4)CC3)ncn2)n1. The Balaban J connectivity index is 1.29. The third-order valence-electron chi connectivity index (χ3n) is 5.26. The second-order valence-corrected chi connectivity index (χ2v) is 7.85. The largest absolute Gasteiger partial charge is 0.353 e. The zero-order chi connectivity index (χ0) is 20.7. The second-order valence-electron chi connectivity index (χ2n) is 7.32. The van der Waals surface area contributed by atoms with Gasteiger partial charge in [-0.15, -0.1) is 0 Å². The summed E-state index contributed by atoms with van der Waals surface area (Å²) in [5, 5.41) is 4.50. The first-order valence-corrected chi connectivity index (χ1v) is 10.4. The van der Waals surface area contributed by atoms with Crippen molar-refractivity contribution in [1.29, 1.82) is 0 Å². The maximum Gasteiger partial charge on any atom is 0.254 e. The molecular weight excluding hydrogens is 400 g/mol. The smallest absolute Gasteiger partial charge is 0.254 e. The number of anilines is 1. The molecule has 4 heterocycles. The predicted octanol–water partition coefficient (Wildman–Crippen LogP) is 2.25. The van der Waals surface area contributed by atoms with Crippen LogP contribution >= 0.6 is 11.7 Å². The Hall–Kier alpha value is -3.40. The maximum atomic E-state index is 12.9. The van der Waals surface area contributed by atoms with E-state index in [1.54, 1.807) is 6.33 Å². The molecule has 1 aliphatic rings. The van der Waals surface area contributed by atoms with E-state index in [9.17, 15) is 4.79 Å². The van der Waals surface area contributed by atoms with E-state index in [0.717, 1.165) is 45.8 Å². The van der Waals surface area contributed by atoms with Crippen molar-refractivity contribution in [3.63, 3.8) is 0 Å². The Morgan fingerprint density at radius 1 is 0.933 bits per heavy atom. The fourth-order valence-corrected chi connectivity index (χ4v) is 4.24. The molecule has 3 aromatic heterocycles. The normalized spacial score (nSPS) is 14.5. The molecule has 1 amide bonds. The summed E-state index contributed by atoms with van der Waals surface area (Å²) >= 11 is 1.16. The molecule has 30 heavy (non-hydrogen) atoms. The lowest BCUT2D eigenvalue weighted by molar-refractivity contribution is 0.0746. The Bertz CT molecular complexity index is 1220. The Morgan fingerprint density at radius 3 is 2.47 bits per heavy atom. The van der Waals surface area contributed by atoms with Crippen LogP contribution in [0.5, 0.6) is 0 Å². The molecule has 0 N–H and O–H groups in total. The number of hydrogen-bond acceptors (Lipinski definition) is 8. The van der Waals surface area contributed by atoms with E-state index >= 15 is 0 Å². The van der Waals surface area contributed by atoms with Gasteiger partial charge in [0.15, 0.2) is 5.82 Å².